The van der Waals surface area contributed by atoms with Crippen LogP contribution in [0.15, 0.2) is 41.8 Å². The minimum Gasteiger partial charge on any atom is -0.496 e. The van der Waals surface area contributed by atoms with Crippen molar-refractivity contribution in [1.82, 2.24) is 15.0 Å². The van der Waals surface area contributed by atoms with Gasteiger partial charge in [0.05, 0.1) is 25.1 Å². The molecule has 0 saturated heterocycles. The van der Waals surface area contributed by atoms with Crippen molar-refractivity contribution in [3.05, 3.63) is 42.9 Å². The molecule has 4 N–H and O–H groups in total. The Morgan fingerprint density at radius 2 is 1.92 bits per heavy atom. The molecule has 0 bridgehead atoms. The number of nitrogens with two attached hydrogens (primary N) is 2. The maximum Gasteiger partial charge on any atom is 0.229 e. The summed E-state index contributed by atoms with van der Waals surface area (Å²) in [7, 11) is 1.57. The fourth-order valence-electron chi connectivity index (χ4n) is 2.27. The molecule has 9 heteroatoms. The van der Waals surface area contributed by atoms with Gasteiger partial charge in [0, 0.05) is 5.56 Å². The van der Waals surface area contributed by atoms with E-state index in [-0.39, 0.29) is 29.9 Å². The van der Waals surface area contributed by atoms with Gasteiger partial charge in [-0.1, -0.05) is 6.58 Å². The van der Waals surface area contributed by atoms with Crippen molar-refractivity contribution in [2.24, 2.45) is 0 Å². The first kappa shape index (κ1) is 19.1. The second-order valence-electron chi connectivity index (χ2n) is 5.25. The van der Waals surface area contributed by atoms with Gasteiger partial charge in [-0.15, -0.1) is 12.4 Å². The molecule has 0 fully saturated rings. The topological polar surface area (TPSA) is 122 Å². The van der Waals surface area contributed by atoms with E-state index in [1.54, 1.807) is 25.4 Å². The highest BCUT2D eigenvalue weighted by Crippen LogP contribution is 2.40. The summed E-state index contributed by atoms with van der Waals surface area (Å²) in [5, 5.41) is 0. The lowest BCUT2D eigenvalue weighted by molar-refractivity contribution is 0.412. The highest BCUT2D eigenvalue weighted by molar-refractivity contribution is 5.85. The lowest BCUT2D eigenvalue weighted by Gasteiger charge is -2.15. The third-order valence-corrected chi connectivity index (χ3v) is 3.45. The van der Waals surface area contributed by atoms with E-state index >= 15 is 0 Å². The van der Waals surface area contributed by atoms with Crippen LogP contribution in [0.1, 0.15) is 12.5 Å². The quantitative estimate of drug-likeness (QED) is 0.694. The Morgan fingerprint density at radius 1 is 1.15 bits per heavy atom. The first-order valence-corrected chi connectivity index (χ1v) is 7.33. The number of ether oxygens (including phenoxy) is 2. The number of oxazole rings is 1. The summed E-state index contributed by atoms with van der Waals surface area (Å²) in [4.78, 5) is 11.9. The molecular weight excluding hydrogens is 358 g/mol. The molecule has 2 heterocycles. The average Bonchev–Trinajstić information content (AvgIpc) is 3.11. The summed E-state index contributed by atoms with van der Waals surface area (Å²) >= 11 is 0. The van der Waals surface area contributed by atoms with E-state index in [2.05, 4.69) is 21.5 Å². The predicted octanol–water partition coefficient (Wildman–Crippen LogP) is 3.55. The number of allylic oxidation sites excluding steroid dienone is 1. The van der Waals surface area contributed by atoms with Crippen LogP contribution in [0.2, 0.25) is 0 Å². The van der Waals surface area contributed by atoms with Crippen LogP contribution in [0, 0.1) is 0 Å². The van der Waals surface area contributed by atoms with E-state index in [4.69, 9.17) is 25.4 Å². The molecule has 0 aliphatic rings. The molecule has 0 amide bonds. The molecule has 0 unspecified atom stereocenters. The SMILES string of the molecule is C=C(C)c1cc(OC)c(-c2ncco2)cc1Oc1cnc(N)nc1N.Cl. The zero-order valence-corrected chi connectivity index (χ0v) is 15.0. The van der Waals surface area contributed by atoms with Crippen LogP contribution in [0.25, 0.3) is 17.0 Å². The monoisotopic (exact) mass is 375 g/mol. The average molecular weight is 376 g/mol. The second kappa shape index (κ2) is 7.75. The summed E-state index contributed by atoms with van der Waals surface area (Å²) in [5.41, 5.74) is 13.5. The minimum absolute atomic E-state index is 0. The molecule has 3 aromatic rings. The number of nitrogen functional groups attached to an aromatic ring is 2. The van der Waals surface area contributed by atoms with Crippen molar-refractivity contribution in [2.75, 3.05) is 18.6 Å². The molecule has 136 valence electrons. The first-order valence-electron chi connectivity index (χ1n) is 7.33. The molecule has 26 heavy (non-hydrogen) atoms. The number of aromatic nitrogens is 3. The third-order valence-electron chi connectivity index (χ3n) is 3.45. The van der Waals surface area contributed by atoms with Gasteiger partial charge in [-0.05, 0) is 24.6 Å². The van der Waals surface area contributed by atoms with Crippen LogP contribution in [0.5, 0.6) is 17.2 Å². The number of rotatable bonds is 5. The van der Waals surface area contributed by atoms with Crippen LogP contribution in [0.3, 0.4) is 0 Å². The Kier molecular flexibility index (Phi) is 5.68. The van der Waals surface area contributed by atoms with Gasteiger partial charge in [-0.2, -0.15) is 4.98 Å². The Balaban J connectivity index is 0.00000243. The number of hydrogen-bond acceptors (Lipinski definition) is 8. The number of methoxy groups -OCH3 is 1. The Hall–Kier alpha value is -3.26. The predicted molar refractivity (Wildman–Crippen MR) is 101 cm³/mol. The molecule has 0 radical (unpaired) electrons. The van der Waals surface area contributed by atoms with Gasteiger partial charge in [0.1, 0.15) is 17.8 Å². The highest BCUT2D eigenvalue weighted by atomic mass is 35.5. The van der Waals surface area contributed by atoms with Crippen molar-refractivity contribution < 1.29 is 13.9 Å². The van der Waals surface area contributed by atoms with Gasteiger partial charge in [0.2, 0.25) is 11.8 Å². The minimum atomic E-state index is 0. The van der Waals surface area contributed by atoms with E-state index in [1.807, 2.05) is 6.92 Å². The van der Waals surface area contributed by atoms with Crippen molar-refractivity contribution in [2.45, 2.75) is 6.92 Å². The van der Waals surface area contributed by atoms with E-state index in [1.165, 1.54) is 12.5 Å². The molecule has 0 spiro atoms. The van der Waals surface area contributed by atoms with Gasteiger partial charge in [-0.3, -0.25) is 0 Å². The molecular formula is C17H18ClN5O3. The van der Waals surface area contributed by atoms with Crippen LogP contribution in [-0.4, -0.2) is 22.1 Å². The maximum atomic E-state index is 5.90. The fourth-order valence-corrected chi connectivity index (χ4v) is 2.27. The van der Waals surface area contributed by atoms with E-state index in [0.717, 1.165) is 11.1 Å². The Labute approximate surface area is 156 Å². The molecule has 3 rings (SSSR count). The summed E-state index contributed by atoms with van der Waals surface area (Å²) in [5.74, 6) is 1.95. The zero-order valence-electron chi connectivity index (χ0n) is 14.2. The Morgan fingerprint density at radius 3 is 2.50 bits per heavy atom. The van der Waals surface area contributed by atoms with Gasteiger partial charge in [0.15, 0.2) is 11.6 Å². The normalized spacial score (nSPS) is 10.1. The summed E-state index contributed by atoms with van der Waals surface area (Å²) in [6, 6.07) is 3.54. The van der Waals surface area contributed by atoms with Gasteiger partial charge in [-0.25, -0.2) is 9.97 Å². The van der Waals surface area contributed by atoms with E-state index in [9.17, 15) is 0 Å². The first-order chi connectivity index (χ1) is 12.0. The standard InChI is InChI=1S/C17H17N5O3.ClH/c1-9(2)10-6-12(23-3)11(16-20-4-5-24-16)7-13(10)25-14-8-21-17(19)22-15(14)18;/h4-8H,1H2,2-3H3,(H4,18,19,21,22);1H. The van der Waals surface area contributed by atoms with Gasteiger partial charge < -0.3 is 25.4 Å². The second-order valence-corrected chi connectivity index (χ2v) is 5.25. The Bertz CT molecular complexity index is 928. The lowest BCUT2D eigenvalue weighted by Crippen LogP contribution is -2.02. The summed E-state index contributed by atoms with van der Waals surface area (Å²) in [6.07, 6.45) is 4.44. The molecule has 0 aliphatic carbocycles. The zero-order chi connectivity index (χ0) is 18.0. The maximum absolute atomic E-state index is 5.90. The fraction of sp³-hybridized carbons (Fsp3) is 0.118. The summed E-state index contributed by atoms with van der Waals surface area (Å²) in [6.45, 7) is 5.83. The molecule has 0 atom stereocenters. The molecule has 0 saturated carbocycles. The van der Waals surface area contributed by atoms with Crippen LogP contribution < -0.4 is 20.9 Å². The number of hydrogen-bond donors (Lipinski definition) is 2. The van der Waals surface area contributed by atoms with Gasteiger partial charge in [0.25, 0.3) is 0 Å². The summed E-state index contributed by atoms with van der Waals surface area (Å²) < 4.78 is 16.7. The largest absolute Gasteiger partial charge is 0.496 e. The van der Waals surface area contributed by atoms with Crippen LogP contribution in [-0.2, 0) is 0 Å². The molecule has 2 aromatic heterocycles. The molecule has 8 nitrogen and oxygen atoms in total. The molecule has 1 aromatic carbocycles. The third kappa shape index (κ3) is 3.70. The van der Waals surface area contributed by atoms with Gasteiger partial charge >= 0.3 is 0 Å². The number of anilines is 2. The van der Waals surface area contributed by atoms with Crippen LogP contribution in [0.4, 0.5) is 11.8 Å². The van der Waals surface area contributed by atoms with Crippen molar-refractivity contribution in [1.29, 1.82) is 0 Å². The van der Waals surface area contributed by atoms with E-state index in [0.29, 0.717) is 23.0 Å². The number of benzene rings is 1. The molecule has 0 aliphatic heterocycles. The van der Waals surface area contributed by atoms with Crippen molar-refractivity contribution >= 4 is 29.7 Å². The smallest absolute Gasteiger partial charge is 0.229 e. The van der Waals surface area contributed by atoms with Crippen molar-refractivity contribution in [3.63, 3.8) is 0 Å². The number of nitrogens with zero attached hydrogens (tertiary/aromatic N) is 3. The highest BCUT2D eigenvalue weighted by Gasteiger charge is 2.18. The van der Waals surface area contributed by atoms with E-state index < -0.39 is 0 Å². The van der Waals surface area contributed by atoms with Crippen LogP contribution >= 0.6 is 12.4 Å². The lowest BCUT2D eigenvalue weighted by atomic mass is 10.0. The number of halogens is 1. The van der Waals surface area contributed by atoms with Crippen molar-refractivity contribution in [3.8, 4) is 28.7 Å².